The fraction of sp³-hybridized carbons (Fsp3) is 0.667. The van der Waals surface area contributed by atoms with E-state index in [1.807, 2.05) is 25.3 Å². The summed E-state index contributed by atoms with van der Waals surface area (Å²) in [5.74, 6) is 0.640. The Morgan fingerprint density at radius 2 is 1.80 bits per heavy atom. The van der Waals surface area contributed by atoms with Gasteiger partial charge in [-0.2, -0.15) is 0 Å². The quantitative estimate of drug-likeness (QED) is 0.533. The minimum absolute atomic E-state index is 0.441. The van der Waals surface area contributed by atoms with Crippen molar-refractivity contribution in [2.45, 2.75) is 33.7 Å². The Bertz CT molecular complexity index is 123. The number of rotatable bonds is 3. The van der Waals surface area contributed by atoms with Crippen LogP contribution in [0.15, 0.2) is 17.1 Å². The molecule has 0 aliphatic rings. The van der Waals surface area contributed by atoms with Crippen molar-refractivity contribution in [3.8, 4) is 0 Å². The van der Waals surface area contributed by atoms with E-state index in [2.05, 4.69) is 25.8 Å². The molecule has 0 aliphatic heterocycles. The maximum Gasteiger partial charge on any atom is 0.0494 e. The lowest BCUT2D eigenvalue weighted by molar-refractivity contribution is 0.533. The lowest BCUT2D eigenvalue weighted by atomic mass is 10.1. The summed E-state index contributed by atoms with van der Waals surface area (Å²) in [6.45, 7) is 8.48. The summed E-state index contributed by atoms with van der Waals surface area (Å²) < 4.78 is 0. The molecule has 0 amide bonds. The molecule has 0 bridgehead atoms. The molecule has 0 fully saturated rings. The van der Waals surface area contributed by atoms with Crippen LogP contribution >= 0.6 is 0 Å². The maximum atomic E-state index is 4.30. The topological polar surface area (TPSA) is 12.4 Å². The van der Waals surface area contributed by atoms with Crippen LogP contribution in [0.1, 0.15) is 27.7 Å². The molecule has 0 aliphatic carbocycles. The van der Waals surface area contributed by atoms with Crippen molar-refractivity contribution in [1.29, 1.82) is 0 Å². The highest BCUT2D eigenvalue weighted by Crippen LogP contribution is 2.03. The van der Waals surface area contributed by atoms with Crippen LogP contribution in [-0.4, -0.2) is 12.3 Å². The zero-order chi connectivity index (χ0) is 7.98. The Morgan fingerprint density at radius 1 is 1.20 bits per heavy atom. The van der Waals surface area contributed by atoms with Gasteiger partial charge in [0.1, 0.15) is 0 Å². The number of allylic oxidation sites excluding steroid dienone is 2. The second-order valence-electron chi connectivity index (χ2n) is 2.81. The normalized spacial score (nSPS) is 15.7. The highest BCUT2D eigenvalue weighted by molar-refractivity contribution is 5.70. The van der Waals surface area contributed by atoms with E-state index in [0.717, 1.165) is 0 Å². The van der Waals surface area contributed by atoms with Gasteiger partial charge in [-0.1, -0.05) is 19.9 Å². The van der Waals surface area contributed by atoms with Gasteiger partial charge < -0.3 is 0 Å². The molecular formula is C9H17N. The Kier molecular flexibility index (Phi) is 4.91. The summed E-state index contributed by atoms with van der Waals surface area (Å²) in [5.41, 5.74) is 0. The largest absolute Gasteiger partial charge is 0.290 e. The van der Waals surface area contributed by atoms with E-state index in [-0.39, 0.29) is 0 Å². The van der Waals surface area contributed by atoms with Crippen LogP contribution in [0.25, 0.3) is 0 Å². The van der Waals surface area contributed by atoms with Crippen molar-refractivity contribution in [3.05, 3.63) is 12.2 Å². The summed E-state index contributed by atoms with van der Waals surface area (Å²) in [7, 11) is 0. The van der Waals surface area contributed by atoms with Crippen LogP contribution in [-0.2, 0) is 0 Å². The zero-order valence-corrected chi connectivity index (χ0v) is 7.33. The highest BCUT2D eigenvalue weighted by atomic mass is 14.8. The average molecular weight is 139 g/mol. The Hall–Kier alpha value is -0.590. The van der Waals surface area contributed by atoms with E-state index in [9.17, 15) is 0 Å². The van der Waals surface area contributed by atoms with Gasteiger partial charge in [-0.15, -0.1) is 0 Å². The van der Waals surface area contributed by atoms with E-state index in [1.54, 1.807) is 0 Å². The van der Waals surface area contributed by atoms with E-state index in [0.29, 0.717) is 12.0 Å². The number of hydrogen-bond acceptors (Lipinski definition) is 1. The van der Waals surface area contributed by atoms with E-state index in [1.165, 1.54) is 0 Å². The van der Waals surface area contributed by atoms with Crippen LogP contribution in [0.5, 0.6) is 0 Å². The van der Waals surface area contributed by atoms with Crippen LogP contribution in [0, 0.1) is 5.92 Å². The lowest BCUT2D eigenvalue weighted by Gasteiger charge is -2.07. The second-order valence-corrected chi connectivity index (χ2v) is 2.81. The molecule has 1 heteroatoms. The number of nitrogens with zero attached hydrogens (tertiary/aromatic N) is 1. The third-order valence-electron chi connectivity index (χ3n) is 1.56. The molecule has 0 rings (SSSR count). The zero-order valence-electron chi connectivity index (χ0n) is 7.33. The summed E-state index contributed by atoms with van der Waals surface area (Å²) in [6, 6.07) is 0.441. The molecule has 0 aromatic heterocycles. The van der Waals surface area contributed by atoms with Crippen molar-refractivity contribution in [2.24, 2.45) is 10.9 Å². The molecule has 0 radical (unpaired) electrons. The van der Waals surface area contributed by atoms with E-state index >= 15 is 0 Å². The molecule has 0 heterocycles. The first-order valence-corrected chi connectivity index (χ1v) is 3.83. The van der Waals surface area contributed by atoms with Crippen molar-refractivity contribution in [1.82, 2.24) is 0 Å². The van der Waals surface area contributed by atoms with Crippen LogP contribution in [0.4, 0.5) is 0 Å². The predicted molar refractivity (Wildman–Crippen MR) is 47.6 cm³/mol. The molecule has 0 aromatic carbocycles. The summed E-state index contributed by atoms with van der Waals surface area (Å²) >= 11 is 0. The first-order valence-electron chi connectivity index (χ1n) is 3.83. The number of aliphatic imine (C=N–C) groups is 1. The minimum atomic E-state index is 0.441. The summed E-state index contributed by atoms with van der Waals surface area (Å²) in [6.07, 6.45) is 5.81. The molecular weight excluding hydrogens is 122 g/mol. The fourth-order valence-electron chi connectivity index (χ4n) is 0.444. The molecule has 1 unspecified atom stereocenters. The number of hydrogen-bond donors (Lipinski definition) is 0. The predicted octanol–water partition coefficient (Wildman–Crippen LogP) is 2.68. The molecule has 0 saturated heterocycles. The van der Waals surface area contributed by atoms with Gasteiger partial charge in [0.25, 0.3) is 0 Å². The van der Waals surface area contributed by atoms with Crippen LogP contribution in [0.3, 0.4) is 0 Å². The Morgan fingerprint density at radius 3 is 2.20 bits per heavy atom. The average Bonchev–Trinajstić information content (AvgIpc) is 1.88. The third kappa shape index (κ3) is 4.30. The van der Waals surface area contributed by atoms with E-state index in [4.69, 9.17) is 0 Å². The van der Waals surface area contributed by atoms with Gasteiger partial charge in [0.15, 0.2) is 0 Å². The van der Waals surface area contributed by atoms with Crippen molar-refractivity contribution >= 4 is 6.21 Å². The first kappa shape index (κ1) is 9.41. The van der Waals surface area contributed by atoms with Crippen molar-refractivity contribution in [2.75, 3.05) is 0 Å². The van der Waals surface area contributed by atoms with Gasteiger partial charge in [0, 0.05) is 12.3 Å². The molecule has 1 atom stereocenters. The van der Waals surface area contributed by atoms with Gasteiger partial charge in [-0.25, -0.2) is 0 Å². The van der Waals surface area contributed by atoms with Crippen molar-refractivity contribution in [3.63, 3.8) is 0 Å². The van der Waals surface area contributed by atoms with Crippen molar-refractivity contribution < 1.29 is 0 Å². The third-order valence-corrected chi connectivity index (χ3v) is 1.56. The molecule has 0 aromatic rings. The smallest absolute Gasteiger partial charge is 0.0494 e. The Labute approximate surface area is 63.9 Å². The Balaban J connectivity index is 3.66. The standard InChI is InChI=1S/C9H17N/c1-5-6-7-10-9(4)8(2)3/h5-9H,1-4H3/b6-5-,10-7?. The van der Waals surface area contributed by atoms with Gasteiger partial charge in [-0.05, 0) is 25.8 Å². The van der Waals surface area contributed by atoms with Gasteiger partial charge in [0.2, 0.25) is 0 Å². The second kappa shape index (κ2) is 5.21. The molecule has 1 nitrogen and oxygen atoms in total. The molecule has 58 valence electrons. The van der Waals surface area contributed by atoms with Gasteiger partial charge in [0.05, 0.1) is 0 Å². The van der Waals surface area contributed by atoms with E-state index < -0.39 is 0 Å². The van der Waals surface area contributed by atoms with Gasteiger partial charge >= 0.3 is 0 Å². The monoisotopic (exact) mass is 139 g/mol. The maximum absolute atomic E-state index is 4.30. The molecule has 0 spiro atoms. The summed E-state index contributed by atoms with van der Waals surface area (Å²) in [4.78, 5) is 4.30. The summed E-state index contributed by atoms with van der Waals surface area (Å²) in [5, 5.41) is 0. The fourth-order valence-corrected chi connectivity index (χ4v) is 0.444. The van der Waals surface area contributed by atoms with Crippen LogP contribution < -0.4 is 0 Å². The van der Waals surface area contributed by atoms with Crippen LogP contribution in [0.2, 0.25) is 0 Å². The van der Waals surface area contributed by atoms with Gasteiger partial charge in [-0.3, -0.25) is 4.99 Å². The minimum Gasteiger partial charge on any atom is -0.290 e. The molecule has 0 saturated carbocycles. The first-order chi connectivity index (χ1) is 4.68. The molecule has 0 N–H and O–H groups in total. The highest BCUT2D eigenvalue weighted by Gasteiger charge is 2.01. The SMILES string of the molecule is C/C=C\C=NC(C)C(C)C. The molecule has 10 heavy (non-hydrogen) atoms. The lowest BCUT2D eigenvalue weighted by Crippen LogP contribution is -2.06.